The van der Waals surface area contributed by atoms with Crippen LogP contribution in [0.25, 0.3) is 0 Å². The number of hydrogen-bond acceptors (Lipinski definition) is 4. The summed E-state index contributed by atoms with van der Waals surface area (Å²) < 4.78 is 43.5. The molecule has 0 fully saturated rings. The van der Waals surface area contributed by atoms with Crippen molar-refractivity contribution >= 4 is 21.6 Å². The first-order chi connectivity index (χ1) is 10.3. The summed E-state index contributed by atoms with van der Waals surface area (Å²) in [5.74, 6) is -0.269. The second-order valence-corrected chi connectivity index (χ2v) is 5.60. The van der Waals surface area contributed by atoms with Gasteiger partial charge < -0.3 is 10.1 Å². The van der Waals surface area contributed by atoms with E-state index in [2.05, 4.69) is 36.1 Å². The summed E-state index contributed by atoms with van der Waals surface area (Å²) in [6, 6.07) is 4.40. The second-order valence-electron chi connectivity index (χ2n) is 4.68. The molecule has 22 heavy (non-hydrogen) atoms. The number of anilines is 1. The topological polar surface area (TPSA) is 52.0 Å². The van der Waals surface area contributed by atoms with Gasteiger partial charge in [0, 0.05) is 17.1 Å². The Morgan fingerprint density at radius 2 is 2.18 bits per heavy atom. The Bertz CT molecular complexity index is 604. The summed E-state index contributed by atoms with van der Waals surface area (Å²) >= 11 is 3.13. The monoisotopic (exact) mass is 378 g/mol. The van der Waals surface area contributed by atoms with Crippen molar-refractivity contribution in [2.45, 2.75) is 32.3 Å². The lowest BCUT2D eigenvalue weighted by atomic mass is 10.2. The Morgan fingerprint density at radius 3 is 2.82 bits per heavy atom. The predicted octanol–water partition coefficient (Wildman–Crippen LogP) is 3.83. The molecule has 120 valence electrons. The number of nitrogens with one attached hydrogen (secondary N) is 1. The molecule has 1 heterocycles. The van der Waals surface area contributed by atoms with Crippen LogP contribution in [0, 0.1) is 0 Å². The van der Waals surface area contributed by atoms with Crippen molar-refractivity contribution in [3.05, 3.63) is 35.3 Å². The highest BCUT2D eigenvalue weighted by atomic mass is 79.9. The molecule has 0 amide bonds. The van der Waals surface area contributed by atoms with Crippen molar-refractivity contribution in [3.8, 4) is 5.75 Å². The number of halogens is 4. The van der Waals surface area contributed by atoms with Gasteiger partial charge >= 0.3 is 6.36 Å². The van der Waals surface area contributed by atoms with Crippen LogP contribution in [0.1, 0.15) is 13.3 Å². The van der Waals surface area contributed by atoms with E-state index in [1.54, 1.807) is 17.1 Å². The maximum atomic E-state index is 12.4. The number of benzene rings is 1. The molecule has 0 aliphatic heterocycles. The highest BCUT2D eigenvalue weighted by Crippen LogP contribution is 2.33. The van der Waals surface area contributed by atoms with E-state index in [4.69, 9.17) is 0 Å². The van der Waals surface area contributed by atoms with Gasteiger partial charge in [0.05, 0.1) is 5.69 Å². The molecule has 2 aromatic rings. The third-order valence-corrected chi connectivity index (χ3v) is 3.32. The maximum Gasteiger partial charge on any atom is 0.573 e. The fraction of sp³-hybridized carbons (Fsp3) is 0.385. The van der Waals surface area contributed by atoms with Gasteiger partial charge in [0.25, 0.3) is 0 Å². The van der Waals surface area contributed by atoms with E-state index < -0.39 is 6.36 Å². The van der Waals surface area contributed by atoms with Crippen molar-refractivity contribution in [1.82, 2.24) is 14.8 Å². The lowest BCUT2D eigenvalue weighted by Crippen LogP contribution is -2.21. The predicted molar refractivity (Wildman–Crippen MR) is 78.5 cm³/mol. The Kier molecular flexibility index (Phi) is 5.28. The molecule has 0 aliphatic carbocycles. The van der Waals surface area contributed by atoms with Crippen LogP contribution in [0.5, 0.6) is 5.75 Å². The molecule has 0 bridgehead atoms. The highest BCUT2D eigenvalue weighted by Gasteiger charge is 2.32. The molecule has 0 unspecified atom stereocenters. The molecule has 0 aliphatic rings. The number of alkyl halides is 3. The van der Waals surface area contributed by atoms with Crippen molar-refractivity contribution in [2.75, 3.05) is 5.32 Å². The van der Waals surface area contributed by atoms with E-state index in [-0.39, 0.29) is 17.5 Å². The molecule has 2 rings (SSSR count). The van der Waals surface area contributed by atoms with Crippen LogP contribution < -0.4 is 10.1 Å². The SMILES string of the molecule is C[C@H](CCn1cncn1)Nc1ccc(Br)cc1OC(F)(F)F. The third kappa shape index (κ3) is 5.21. The van der Waals surface area contributed by atoms with Crippen molar-refractivity contribution in [1.29, 1.82) is 0 Å². The van der Waals surface area contributed by atoms with Crippen LogP contribution in [0.15, 0.2) is 35.3 Å². The van der Waals surface area contributed by atoms with Crippen LogP contribution >= 0.6 is 15.9 Å². The Balaban J connectivity index is 2.01. The van der Waals surface area contributed by atoms with E-state index in [9.17, 15) is 13.2 Å². The van der Waals surface area contributed by atoms with Gasteiger partial charge in [-0.05, 0) is 31.5 Å². The van der Waals surface area contributed by atoms with Gasteiger partial charge in [-0.25, -0.2) is 4.98 Å². The molecule has 0 radical (unpaired) electrons. The lowest BCUT2D eigenvalue weighted by molar-refractivity contribution is -0.274. The van der Waals surface area contributed by atoms with E-state index >= 15 is 0 Å². The first kappa shape index (κ1) is 16.6. The molecule has 1 atom stereocenters. The summed E-state index contributed by atoms with van der Waals surface area (Å²) in [4.78, 5) is 3.83. The van der Waals surface area contributed by atoms with E-state index in [0.717, 1.165) is 0 Å². The van der Waals surface area contributed by atoms with Gasteiger partial charge in [-0.3, -0.25) is 4.68 Å². The number of aryl methyl sites for hydroxylation is 1. The lowest BCUT2D eigenvalue weighted by Gasteiger charge is -2.19. The van der Waals surface area contributed by atoms with Gasteiger partial charge in [0.15, 0.2) is 5.75 Å². The summed E-state index contributed by atoms with van der Waals surface area (Å²) in [7, 11) is 0. The van der Waals surface area contributed by atoms with Gasteiger partial charge in [-0.1, -0.05) is 15.9 Å². The number of ether oxygens (including phenoxy) is 1. The minimum absolute atomic E-state index is 0.0686. The quantitative estimate of drug-likeness (QED) is 0.829. The van der Waals surface area contributed by atoms with Crippen LogP contribution in [0.4, 0.5) is 18.9 Å². The molecular weight excluding hydrogens is 365 g/mol. The zero-order valence-corrected chi connectivity index (χ0v) is 13.2. The first-order valence-corrected chi connectivity index (χ1v) is 7.27. The zero-order chi connectivity index (χ0) is 16.2. The summed E-state index contributed by atoms with van der Waals surface area (Å²) in [6.07, 6.45) is -1.04. The normalized spacial score (nSPS) is 13.0. The maximum absolute atomic E-state index is 12.4. The number of rotatable bonds is 6. The fourth-order valence-electron chi connectivity index (χ4n) is 1.84. The highest BCUT2D eigenvalue weighted by molar-refractivity contribution is 9.10. The minimum Gasteiger partial charge on any atom is -0.404 e. The first-order valence-electron chi connectivity index (χ1n) is 6.48. The molecule has 1 aromatic carbocycles. The molecule has 1 aromatic heterocycles. The summed E-state index contributed by atoms with van der Waals surface area (Å²) in [5, 5.41) is 6.99. The Hall–Kier alpha value is -1.77. The molecule has 1 N–H and O–H groups in total. The zero-order valence-electron chi connectivity index (χ0n) is 11.6. The third-order valence-electron chi connectivity index (χ3n) is 2.83. The standard InChI is InChI=1S/C13H14BrF3N4O/c1-9(4-5-21-8-18-7-19-21)20-11-3-2-10(14)6-12(11)22-13(15,16)17/h2-3,6-9,20H,4-5H2,1H3/t9-/m1/s1. The van der Waals surface area contributed by atoms with Crippen LogP contribution in [0.3, 0.4) is 0 Å². The molecule has 5 nitrogen and oxygen atoms in total. The molecule has 9 heteroatoms. The molecule has 0 saturated carbocycles. The fourth-order valence-corrected chi connectivity index (χ4v) is 2.18. The van der Waals surface area contributed by atoms with Gasteiger partial charge in [-0.2, -0.15) is 5.10 Å². The van der Waals surface area contributed by atoms with E-state index in [1.165, 1.54) is 18.5 Å². The Morgan fingerprint density at radius 1 is 1.41 bits per heavy atom. The van der Waals surface area contributed by atoms with Gasteiger partial charge in [0.1, 0.15) is 12.7 Å². The van der Waals surface area contributed by atoms with E-state index in [1.807, 2.05) is 6.92 Å². The number of aromatic nitrogens is 3. The van der Waals surface area contributed by atoms with Crippen LogP contribution in [-0.2, 0) is 6.54 Å². The van der Waals surface area contributed by atoms with Crippen LogP contribution in [-0.4, -0.2) is 27.2 Å². The van der Waals surface area contributed by atoms with Crippen molar-refractivity contribution in [2.24, 2.45) is 0 Å². The number of hydrogen-bond donors (Lipinski definition) is 1. The van der Waals surface area contributed by atoms with Gasteiger partial charge in [-0.15, -0.1) is 13.2 Å². The minimum atomic E-state index is -4.73. The average molecular weight is 379 g/mol. The second kappa shape index (κ2) is 6.99. The largest absolute Gasteiger partial charge is 0.573 e. The summed E-state index contributed by atoms with van der Waals surface area (Å²) in [6.45, 7) is 2.48. The summed E-state index contributed by atoms with van der Waals surface area (Å²) in [5.41, 5.74) is 0.284. The van der Waals surface area contributed by atoms with Crippen molar-refractivity contribution < 1.29 is 17.9 Å². The Labute approximate surface area is 133 Å². The average Bonchev–Trinajstić information content (AvgIpc) is 2.91. The number of nitrogens with zero attached hydrogens (tertiary/aromatic N) is 3. The smallest absolute Gasteiger partial charge is 0.404 e. The molecular formula is C13H14BrF3N4O. The van der Waals surface area contributed by atoms with Gasteiger partial charge in [0.2, 0.25) is 0 Å². The molecule has 0 saturated heterocycles. The van der Waals surface area contributed by atoms with E-state index in [0.29, 0.717) is 17.4 Å². The molecule has 0 spiro atoms. The van der Waals surface area contributed by atoms with Crippen LogP contribution in [0.2, 0.25) is 0 Å². The van der Waals surface area contributed by atoms with Crippen molar-refractivity contribution in [3.63, 3.8) is 0 Å².